The van der Waals surface area contributed by atoms with E-state index in [-0.39, 0.29) is 11.6 Å². The number of nitrogens with zero attached hydrogens (tertiary/aromatic N) is 8. The molecule has 0 unspecified atom stereocenters. The number of ether oxygens (including phenoxy) is 1. The van der Waals surface area contributed by atoms with Gasteiger partial charge < -0.3 is 9.84 Å². The maximum atomic E-state index is 12.7. The second kappa shape index (κ2) is 9.12. The number of hydrogen-bond donors (Lipinski definition) is 1. The molecule has 0 aliphatic carbocycles. The van der Waals surface area contributed by atoms with Crippen LogP contribution in [-0.2, 0) is 0 Å². The van der Waals surface area contributed by atoms with Crippen LogP contribution in [0.4, 0.5) is 8.78 Å². The van der Waals surface area contributed by atoms with Gasteiger partial charge in [-0.05, 0) is 44.2 Å². The van der Waals surface area contributed by atoms with Gasteiger partial charge in [0.2, 0.25) is 5.88 Å². The van der Waals surface area contributed by atoms with Crippen molar-refractivity contribution < 1.29 is 18.6 Å². The molecule has 0 bridgehead atoms. The first-order valence-electron chi connectivity index (χ1n) is 10.8. The average Bonchev–Trinajstić information content (AvgIpc) is 3.46. The molecule has 1 N–H and O–H groups in total. The van der Waals surface area contributed by atoms with Crippen molar-refractivity contribution in [3.05, 3.63) is 77.5 Å². The first-order chi connectivity index (χ1) is 17.3. The summed E-state index contributed by atoms with van der Waals surface area (Å²) in [6, 6.07) is 13.1. The fraction of sp³-hybridized carbons (Fsp3) is 0.167. The molecule has 0 saturated carbocycles. The zero-order valence-corrected chi connectivity index (χ0v) is 19.0. The lowest BCUT2D eigenvalue weighted by Gasteiger charge is -2.14. The van der Waals surface area contributed by atoms with Gasteiger partial charge in [0.05, 0.1) is 29.7 Å². The molecule has 0 saturated heterocycles. The Morgan fingerprint density at radius 1 is 1.11 bits per heavy atom. The van der Waals surface area contributed by atoms with Gasteiger partial charge in [-0.25, -0.2) is 23.0 Å². The maximum Gasteiger partial charge on any atom is 0.282 e. The molecule has 5 rings (SSSR count). The monoisotopic (exact) mass is 488 g/mol. The van der Waals surface area contributed by atoms with Crippen molar-refractivity contribution in [1.29, 1.82) is 5.26 Å². The molecule has 5 heterocycles. The van der Waals surface area contributed by atoms with Crippen LogP contribution >= 0.6 is 0 Å². The van der Waals surface area contributed by atoms with Crippen LogP contribution in [0.2, 0.25) is 0 Å². The Balaban J connectivity index is 1.50. The third-order valence-corrected chi connectivity index (χ3v) is 5.43. The van der Waals surface area contributed by atoms with Crippen molar-refractivity contribution in [3.63, 3.8) is 0 Å². The molecular weight excluding hydrogens is 470 g/mol. The molecule has 0 aliphatic rings. The molecule has 0 aromatic carbocycles. The number of fused-ring (bicyclic) bond motifs is 1. The topological polar surface area (TPSA) is 127 Å². The lowest BCUT2D eigenvalue weighted by molar-refractivity contribution is 0.144. The first kappa shape index (κ1) is 23.0. The van der Waals surface area contributed by atoms with Gasteiger partial charge in [0.15, 0.2) is 11.5 Å². The quantitative estimate of drug-likeness (QED) is 0.374. The summed E-state index contributed by atoms with van der Waals surface area (Å²) in [6.45, 7) is 3.43. The standard InChI is InChI=1S/C24H18F2N8O2/c1-13-9-15(10-27)32-34(13)24-17(14(2)35)4-5-19(29-24)18-11-28-33-12-16(3-7-21(18)33)36-22-8-6-20(23(25)26)30-31-22/h3-9,11-12,14,23,35H,1-2H3/t14-/m0/s1. The maximum absolute atomic E-state index is 12.7. The predicted molar refractivity (Wildman–Crippen MR) is 123 cm³/mol. The van der Waals surface area contributed by atoms with Crippen molar-refractivity contribution in [1.82, 2.24) is 34.6 Å². The van der Waals surface area contributed by atoms with E-state index >= 15 is 0 Å². The number of aryl methyl sites for hydroxylation is 1. The van der Waals surface area contributed by atoms with Crippen LogP contribution in [-0.4, -0.2) is 39.7 Å². The average molecular weight is 488 g/mol. The summed E-state index contributed by atoms with van der Waals surface area (Å²) in [4.78, 5) is 4.74. The van der Waals surface area contributed by atoms with Gasteiger partial charge in [0.25, 0.3) is 6.43 Å². The number of aliphatic hydroxyl groups is 1. The lowest BCUT2D eigenvalue weighted by Crippen LogP contribution is -2.09. The van der Waals surface area contributed by atoms with Crippen LogP contribution in [0, 0.1) is 18.3 Å². The van der Waals surface area contributed by atoms with Gasteiger partial charge in [-0.2, -0.15) is 15.5 Å². The number of alkyl halides is 2. The number of pyridine rings is 2. The number of nitriles is 1. The van der Waals surface area contributed by atoms with E-state index in [1.165, 1.54) is 10.7 Å². The molecule has 0 aliphatic heterocycles. The summed E-state index contributed by atoms with van der Waals surface area (Å²) >= 11 is 0. The van der Waals surface area contributed by atoms with E-state index in [2.05, 4.69) is 20.4 Å². The van der Waals surface area contributed by atoms with Crippen LogP contribution in [0.25, 0.3) is 22.6 Å². The van der Waals surface area contributed by atoms with Crippen molar-refractivity contribution in [2.24, 2.45) is 0 Å². The Morgan fingerprint density at radius 2 is 1.94 bits per heavy atom. The molecule has 5 aromatic heterocycles. The van der Waals surface area contributed by atoms with Crippen LogP contribution in [0.15, 0.2) is 54.9 Å². The number of aliphatic hydroxyl groups excluding tert-OH is 1. The van der Waals surface area contributed by atoms with Gasteiger partial charge in [-0.15, -0.1) is 10.2 Å². The second-order valence-corrected chi connectivity index (χ2v) is 7.93. The smallest absolute Gasteiger partial charge is 0.282 e. The third-order valence-electron chi connectivity index (χ3n) is 5.43. The third kappa shape index (κ3) is 4.23. The fourth-order valence-electron chi connectivity index (χ4n) is 3.69. The van der Waals surface area contributed by atoms with E-state index in [4.69, 9.17) is 9.72 Å². The highest BCUT2D eigenvalue weighted by Crippen LogP contribution is 2.30. The van der Waals surface area contributed by atoms with Gasteiger partial charge in [-0.1, -0.05) is 6.07 Å². The van der Waals surface area contributed by atoms with Gasteiger partial charge in [0.1, 0.15) is 17.5 Å². The molecule has 0 spiro atoms. The van der Waals surface area contributed by atoms with Crippen molar-refractivity contribution in [3.8, 4) is 34.8 Å². The molecular formula is C24H18F2N8O2. The minimum atomic E-state index is -2.71. The lowest BCUT2D eigenvalue weighted by atomic mass is 10.1. The molecule has 180 valence electrons. The van der Waals surface area contributed by atoms with E-state index in [9.17, 15) is 19.1 Å². The highest BCUT2D eigenvalue weighted by atomic mass is 19.3. The Labute approximate surface area is 203 Å². The Kier molecular flexibility index (Phi) is 5.83. The number of rotatable bonds is 6. The molecule has 5 aromatic rings. The zero-order valence-electron chi connectivity index (χ0n) is 19.0. The minimum Gasteiger partial charge on any atom is -0.436 e. The van der Waals surface area contributed by atoms with Crippen LogP contribution in [0.3, 0.4) is 0 Å². The summed E-state index contributed by atoms with van der Waals surface area (Å²) in [7, 11) is 0. The minimum absolute atomic E-state index is 0.0671. The Bertz CT molecular complexity index is 1600. The Hall–Kier alpha value is -4.76. The normalized spacial score (nSPS) is 12.1. The zero-order chi connectivity index (χ0) is 25.4. The highest BCUT2D eigenvalue weighted by molar-refractivity contribution is 5.78. The summed E-state index contributed by atoms with van der Waals surface area (Å²) < 4.78 is 34.1. The van der Waals surface area contributed by atoms with Crippen LogP contribution in [0.5, 0.6) is 11.6 Å². The summed E-state index contributed by atoms with van der Waals surface area (Å²) in [5.41, 5.74) is 3.08. The molecule has 36 heavy (non-hydrogen) atoms. The van der Waals surface area contributed by atoms with Gasteiger partial charge in [0, 0.05) is 22.9 Å². The molecule has 12 heteroatoms. The van der Waals surface area contributed by atoms with E-state index in [1.807, 2.05) is 6.07 Å². The highest BCUT2D eigenvalue weighted by Gasteiger charge is 2.18. The van der Waals surface area contributed by atoms with E-state index in [0.717, 1.165) is 11.6 Å². The molecule has 1 atom stereocenters. The number of hydrogen-bond acceptors (Lipinski definition) is 8. The van der Waals surface area contributed by atoms with E-state index < -0.39 is 18.2 Å². The van der Waals surface area contributed by atoms with Crippen molar-refractivity contribution in [2.45, 2.75) is 26.4 Å². The Morgan fingerprint density at radius 3 is 2.61 bits per heavy atom. The van der Waals surface area contributed by atoms with Gasteiger partial charge >= 0.3 is 0 Å². The predicted octanol–water partition coefficient (Wildman–Crippen LogP) is 4.34. The number of halogens is 2. The summed E-state index contributed by atoms with van der Waals surface area (Å²) in [5, 5.41) is 35.3. The molecule has 0 fully saturated rings. The molecule has 0 radical (unpaired) electrons. The largest absolute Gasteiger partial charge is 0.436 e. The van der Waals surface area contributed by atoms with E-state index in [0.29, 0.717) is 34.1 Å². The van der Waals surface area contributed by atoms with E-state index in [1.54, 1.807) is 61.1 Å². The van der Waals surface area contributed by atoms with Gasteiger partial charge in [-0.3, -0.25) is 0 Å². The second-order valence-electron chi connectivity index (χ2n) is 7.93. The summed E-state index contributed by atoms with van der Waals surface area (Å²) in [6.07, 6.45) is -0.262. The first-order valence-corrected chi connectivity index (χ1v) is 10.8. The SMILES string of the molecule is Cc1cc(C#N)nn1-c1nc(-c2cnn3cc(Oc4ccc(C(F)F)nn4)ccc23)ccc1[C@H](C)O. The molecule has 0 amide bonds. The van der Waals surface area contributed by atoms with Crippen LogP contribution < -0.4 is 4.74 Å². The number of aromatic nitrogens is 7. The van der Waals surface area contributed by atoms with Crippen LogP contribution in [0.1, 0.15) is 42.1 Å². The fourth-order valence-corrected chi connectivity index (χ4v) is 3.69. The molecule has 10 nitrogen and oxygen atoms in total. The van der Waals surface area contributed by atoms with Crippen molar-refractivity contribution in [2.75, 3.05) is 0 Å². The summed E-state index contributed by atoms with van der Waals surface area (Å²) in [5.74, 6) is 0.856. The van der Waals surface area contributed by atoms with Crippen molar-refractivity contribution >= 4 is 5.52 Å².